The van der Waals surface area contributed by atoms with Gasteiger partial charge in [0.1, 0.15) is 0 Å². The largest absolute Gasteiger partial charge is 0.343 e. The van der Waals surface area contributed by atoms with Crippen molar-refractivity contribution in [3.8, 4) is 11.4 Å². The molecule has 0 atom stereocenters. The molecule has 0 N–H and O–H groups in total. The number of fused-ring (bicyclic) bond motifs is 1. The molecule has 0 bridgehead atoms. The van der Waals surface area contributed by atoms with Gasteiger partial charge in [-0.2, -0.15) is 4.98 Å². The van der Waals surface area contributed by atoms with Gasteiger partial charge < -0.3 is 9.42 Å². The smallest absolute Gasteiger partial charge is 0.227 e. The van der Waals surface area contributed by atoms with E-state index >= 15 is 0 Å². The minimum atomic E-state index is 0.191. The summed E-state index contributed by atoms with van der Waals surface area (Å²) in [5, 5.41) is 6.38. The molecule has 0 saturated carbocycles. The van der Waals surface area contributed by atoms with Gasteiger partial charge in [-0.1, -0.05) is 60.5 Å². The first-order chi connectivity index (χ1) is 12.8. The molecule has 1 fully saturated rings. The monoisotopic (exact) mass is 349 g/mol. The zero-order chi connectivity index (χ0) is 17.8. The summed E-state index contributed by atoms with van der Waals surface area (Å²) in [7, 11) is 0. The number of hydrogen-bond donors (Lipinski definition) is 0. The van der Waals surface area contributed by atoms with Crippen LogP contribution < -0.4 is 0 Å². The van der Waals surface area contributed by atoms with Crippen LogP contribution in [-0.2, 0) is 11.2 Å². The van der Waals surface area contributed by atoms with Crippen LogP contribution in [-0.4, -0.2) is 34.0 Å². The van der Waals surface area contributed by atoms with E-state index in [4.69, 9.17) is 4.52 Å². The van der Waals surface area contributed by atoms with Crippen LogP contribution in [0.1, 0.15) is 38.0 Å². The van der Waals surface area contributed by atoms with Crippen LogP contribution in [0.15, 0.2) is 47.0 Å². The second-order valence-electron chi connectivity index (χ2n) is 6.83. The summed E-state index contributed by atoms with van der Waals surface area (Å²) >= 11 is 0. The van der Waals surface area contributed by atoms with Crippen molar-refractivity contribution < 1.29 is 9.32 Å². The highest BCUT2D eigenvalue weighted by Crippen LogP contribution is 2.26. The van der Waals surface area contributed by atoms with Crippen molar-refractivity contribution in [3.63, 3.8) is 0 Å². The zero-order valence-corrected chi connectivity index (χ0v) is 14.9. The predicted octanol–water partition coefficient (Wildman–Crippen LogP) is 4.23. The number of aryl methyl sites for hydroxylation is 1. The van der Waals surface area contributed by atoms with Crippen LogP contribution >= 0.6 is 0 Å². The lowest BCUT2D eigenvalue weighted by Gasteiger charge is -2.19. The van der Waals surface area contributed by atoms with Gasteiger partial charge in [0.2, 0.25) is 17.6 Å². The first-order valence-corrected chi connectivity index (χ1v) is 9.40. The molecule has 1 aromatic heterocycles. The minimum Gasteiger partial charge on any atom is -0.343 e. The highest BCUT2D eigenvalue weighted by Gasteiger charge is 2.17. The first kappa shape index (κ1) is 16.8. The fourth-order valence-electron chi connectivity index (χ4n) is 3.58. The molecule has 2 aromatic carbocycles. The maximum atomic E-state index is 12.4. The number of likely N-dealkylation sites (tertiary alicyclic amines) is 1. The third-order valence-corrected chi connectivity index (χ3v) is 5.01. The van der Waals surface area contributed by atoms with Gasteiger partial charge >= 0.3 is 0 Å². The summed E-state index contributed by atoms with van der Waals surface area (Å²) in [5.41, 5.74) is 0.956. The Labute approximate surface area is 153 Å². The molecule has 4 rings (SSSR count). The topological polar surface area (TPSA) is 59.2 Å². The molecule has 0 spiro atoms. The number of carbonyl (C=O) groups excluding carboxylic acids is 1. The van der Waals surface area contributed by atoms with Gasteiger partial charge in [-0.25, -0.2) is 0 Å². The van der Waals surface area contributed by atoms with Crippen LogP contribution in [0.5, 0.6) is 0 Å². The lowest BCUT2D eigenvalue weighted by atomic mass is 10.0. The predicted molar refractivity (Wildman–Crippen MR) is 101 cm³/mol. The van der Waals surface area contributed by atoms with E-state index in [0.717, 1.165) is 42.3 Å². The molecule has 5 nitrogen and oxygen atoms in total. The summed E-state index contributed by atoms with van der Waals surface area (Å²) < 4.78 is 5.40. The molecule has 1 aliphatic rings. The number of carbonyl (C=O) groups is 1. The summed E-state index contributed by atoms with van der Waals surface area (Å²) in [6.45, 7) is 1.76. The fourth-order valence-corrected chi connectivity index (χ4v) is 3.58. The third-order valence-electron chi connectivity index (χ3n) is 5.01. The van der Waals surface area contributed by atoms with E-state index in [1.165, 1.54) is 12.8 Å². The molecule has 134 valence electrons. The number of amides is 1. The molecule has 3 aromatic rings. The summed E-state index contributed by atoms with van der Waals surface area (Å²) in [6.07, 6.45) is 5.59. The Kier molecular flexibility index (Phi) is 4.95. The Hall–Kier alpha value is -2.69. The van der Waals surface area contributed by atoms with Gasteiger partial charge in [0.05, 0.1) is 0 Å². The van der Waals surface area contributed by atoms with E-state index in [2.05, 4.69) is 28.3 Å². The van der Waals surface area contributed by atoms with Crippen LogP contribution in [0.4, 0.5) is 0 Å². The van der Waals surface area contributed by atoms with Gasteiger partial charge in [0.15, 0.2) is 0 Å². The summed E-state index contributed by atoms with van der Waals surface area (Å²) in [5.74, 6) is 1.30. The quantitative estimate of drug-likeness (QED) is 0.707. The van der Waals surface area contributed by atoms with Gasteiger partial charge in [-0.3, -0.25) is 4.79 Å². The van der Waals surface area contributed by atoms with Crippen LogP contribution in [0.2, 0.25) is 0 Å². The number of benzene rings is 2. The number of hydrogen-bond acceptors (Lipinski definition) is 4. The van der Waals surface area contributed by atoms with E-state index in [0.29, 0.717) is 24.6 Å². The molecule has 2 heterocycles. The lowest BCUT2D eigenvalue weighted by molar-refractivity contribution is -0.131. The van der Waals surface area contributed by atoms with Crippen molar-refractivity contribution in [1.29, 1.82) is 0 Å². The molecule has 1 amide bonds. The normalized spacial score (nSPS) is 15.2. The molecular weight excluding hydrogens is 326 g/mol. The van der Waals surface area contributed by atoms with E-state index in [9.17, 15) is 4.79 Å². The Morgan fingerprint density at radius 1 is 1.00 bits per heavy atom. The minimum absolute atomic E-state index is 0.191. The lowest BCUT2D eigenvalue weighted by Crippen LogP contribution is -2.31. The van der Waals surface area contributed by atoms with Crippen LogP contribution in [0, 0.1) is 0 Å². The average Bonchev–Trinajstić information content (AvgIpc) is 2.98. The van der Waals surface area contributed by atoms with Crippen molar-refractivity contribution in [1.82, 2.24) is 15.0 Å². The maximum absolute atomic E-state index is 12.4. The van der Waals surface area contributed by atoms with Gasteiger partial charge in [-0.05, 0) is 23.6 Å². The van der Waals surface area contributed by atoms with Crippen molar-refractivity contribution >= 4 is 16.7 Å². The molecule has 0 radical (unpaired) electrons. The molecule has 5 heteroatoms. The Balaban J connectivity index is 1.45. The average molecular weight is 349 g/mol. The van der Waals surface area contributed by atoms with E-state index < -0.39 is 0 Å². The van der Waals surface area contributed by atoms with Crippen molar-refractivity contribution in [2.45, 2.75) is 38.5 Å². The second-order valence-corrected chi connectivity index (χ2v) is 6.83. The fraction of sp³-hybridized carbons (Fsp3) is 0.381. The molecule has 0 aliphatic carbocycles. The highest BCUT2D eigenvalue weighted by atomic mass is 16.5. The van der Waals surface area contributed by atoms with Crippen LogP contribution in [0.3, 0.4) is 0 Å². The maximum Gasteiger partial charge on any atom is 0.227 e. The van der Waals surface area contributed by atoms with Gasteiger partial charge in [0.25, 0.3) is 0 Å². The van der Waals surface area contributed by atoms with Crippen molar-refractivity contribution in [2.24, 2.45) is 0 Å². The molecule has 0 unspecified atom stereocenters. The van der Waals surface area contributed by atoms with E-state index in [1.54, 1.807) is 0 Å². The van der Waals surface area contributed by atoms with Crippen molar-refractivity contribution in [2.75, 3.05) is 13.1 Å². The van der Waals surface area contributed by atoms with Gasteiger partial charge in [-0.15, -0.1) is 0 Å². The molecule has 1 saturated heterocycles. The Morgan fingerprint density at radius 2 is 1.77 bits per heavy atom. The van der Waals surface area contributed by atoms with E-state index in [1.807, 2.05) is 29.2 Å². The highest BCUT2D eigenvalue weighted by molar-refractivity contribution is 5.94. The molecule has 1 aliphatic heterocycles. The molecule has 26 heavy (non-hydrogen) atoms. The van der Waals surface area contributed by atoms with Crippen LogP contribution in [0.25, 0.3) is 22.2 Å². The SMILES string of the molecule is O=C(CCc1nc(-c2cccc3ccccc23)no1)N1CCCCCC1. The van der Waals surface area contributed by atoms with E-state index in [-0.39, 0.29) is 5.91 Å². The third kappa shape index (κ3) is 3.62. The zero-order valence-electron chi connectivity index (χ0n) is 14.9. The first-order valence-electron chi connectivity index (χ1n) is 9.40. The van der Waals surface area contributed by atoms with Crippen molar-refractivity contribution in [3.05, 3.63) is 48.4 Å². The summed E-state index contributed by atoms with van der Waals surface area (Å²) in [4.78, 5) is 18.9. The van der Waals surface area contributed by atoms with Gasteiger partial charge in [0, 0.05) is 31.5 Å². The number of rotatable bonds is 4. The second kappa shape index (κ2) is 7.68. The summed E-state index contributed by atoms with van der Waals surface area (Å²) in [6, 6.07) is 14.2. The Bertz CT molecular complexity index is 890. The Morgan fingerprint density at radius 3 is 2.62 bits per heavy atom. The standard InChI is InChI=1S/C21H23N3O2/c25-20(24-14-5-1-2-6-15-24)13-12-19-22-21(23-26-19)18-11-7-9-16-8-3-4-10-17(16)18/h3-4,7-11H,1-2,5-6,12-15H2. The number of nitrogens with zero attached hydrogens (tertiary/aromatic N) is 3. The number of aromatic nitrogens is 2. The molecular formula is C21H23N3O2.